The van der Waals surface area contributed by atoms with Crippen LogP contribution in [0.25, 0.3) is 11.1 Å². The Balaban J connectivity index is 1.35. The maximum Gasteiger partial charge on any atom is 0.101 e. The van der Waals surface area contributed by atoms with Gasteiger partial charge in [0.25, 0.3) is 0 Å². The minimum Gasteiger partial charge on any atom is -0.311 e. The Labute approximate surface area is 258 Å². The van der Waals surface area contributed by atoms with Crippen molar-refractivity contribution in [3.05, 3.63) is 181 Å². The van der Waals surface area contributed by atoms with Gasteiger partial charge in [0.15, 0.2) is 0 Å². The van der Waals surface area contributed by atoms with Crippen molar-refractivity contribution in [2.45, 2.75) is 0 Å². The Morgan fingerprint density at radius 1 is 0.318 bits per heavy atom. The van der Waals surface area contributed by atoms with Crippen molar-refractivity contribution in [1.82, 2.24) is 0 Å². The summed E-state index contributed by atoms with van der Waals surface area (Å²) in [6, 6.07) is 60.8. The molecule has 0 radical (unpaired) electrons. The van der Waals surface area contributed by atoms with Gasteiger partial charge in [0, 0.05) is 34.1 Å². The number of nitrogens with zero attached hydrogens (tertiary/aromatic N) is 4. The summed E-state index contributed by atoms with van der Waals surface area (Å²) in [4.78, 5) is 4.32. The molecule has 0 fully saturated rings. The first-order valence-corrected chi connectivity index (χ1v) is 14.3. The monoisotopic (exact) mass is 564 g/mol. The molecule has 0 aromatic heterocycles. The fourth-order valence-electron chi connectivity index (χ4n) is 5.29. The summed E-state index contributed by atoms with van der Waals surface area (Å²) in [6.07, 6.45) is 0. The topological polar surface area (TPSA) is 54.1 Å². The molecule has 0 saturated heterocycles. The van der Waals surface area contributed by atoms with Crippen LogP contribution in [0.15, 0.2) is 170 Å². The highest BCUT2D eigenvalue weighted by atomic mass is 15.1. The summed E-state index contributed by atoms with van der Waals surface area (Å²) in [5.74, 6) is 0. The third-order valence-corrected chi connectivity index (χ3v) is 7.36. The third kappa shape index (κ3) is 5.83. The normalized spacial score (nSPS) is 11.0. The second-order valence-electron chi connectivity index (χ2n) is 10.1. The van der Waals surface area contributed by atoms with E-state index in [9.17, 15) is 10.5 Å². The van der Waals surface area contributed by atoms with E-state index >= 15 is 0 Å². The number of nitriles is 2. The van der Waals surface area contributed by atoms with Crippen LogP contribution in [-0.4, -0.2) is 0 Å². The zero-order valence-corrected chi connectivity index (χ0v) is 24.0. The second kappa shape index (κ2) is 13.1. The van der Waals surface area contributed by atoms with E-state index in [1.807, 2.05) is 121 Å². The molecule has 0 aliphatic carbocycles. The number of para-hydroxylation sites is 4. The molecule has 0 spiro atoms. The molecule has 0 amide bonds. The van der Waals surface area contributed by atoms with Crippen LogP contribution in [0, 0.1) is 22.7 Å². The molecule has 0 unspecified atom stereocenters. The van der Waals surface area contributed by atoms with Crippen LogP contribution < -0.4 is 9.80 Å². The highest BCUT2D eigenvalue weighted by molar-refractivity contribution is 6.03. The van der Waals surface area contributed by atoms with E-state index in [2.05, 4.69) is 70.5 Å². The molecule has 0 aliphatic heterocycles. The van der Waals surface area contributed by atoms with Gasteiger partial charge in [0.05, 0.1) is 11.1 Å². The molecule has 4 nitrogen and oxygen atoms in total. The number of rotatable bonds is 8. The molecule has 208 valence electrons. The predicted molar refractivity (Wildman–Crippen MR) is 180 cm³/mol. The fourth-order valence-corrected chi connectivity index (χ4v) is 5.29. The van der Waals surface area contributed by atoms with Crippen LogP contribution in [-0.2, 0) is 0 Å². The van der Waals surface area contributed by atoms with Gasteiger partial charge in [0.2, 0.25) is 0 Å². The number of allylic oxidation sites excluding steroid dienone is 2. The lowest BCUT2D eigenvalue weighted by Crippen LogP contribution is -2.09. The summed E-state index contributed by atoms with van der Waals surface area (Å²) < 4.78 is 0. The smallest absolute Gasteiger partial charge is 0.101 e. The molecule has 0 atom stereocenters. The first-order chi connectivity index (χ1) is 21.8. The average molecular weight is 565 g/mol. The summed E-state index contributed by atoms with van der Waals surface area (Å²) in [7, 11) is 0. The van der Waals surface area contributed by atoms with Gasteiger partial charge in [-0.3, -0.25) is 0 Å². The molecule has 6 rings (SSSR count). The first kappa shape index (κ1) is 27.8. The van der Waals surface area contributed by atoms with Crippen molar-refractivity contribution in [1.29, 1.82) is 10.5 Å². The van der Waals surface area contributed by atoms with Crippen molar-refractivity contribution in [2.24, 2.45) is 0 Å². The Morgan fingerprint density at radius 2 is 0.545 bits per heavy atom. The maximum absolute atomic E-state index is 10.2. The minimum absolute atomic E-state index is 0.334. The molecule has 6 aromatic carbocycles. The number of anilines is 6. The van der Waals surface area contributed by atoms with Crippen molar-refractivity contribution >= 4 is 45.3 Å². The number of hydrogen-bond acceptors (Lipinski definition) is 4. The first-order valence-electron chi connectivity index (χ1n) is 14.3. The van der Waals surface area contributed by atoms with Crippen molar-refractivity contribution < 1.29 is 0 Å². The summed E-state index contributed by atoms with van der Waals surface area (Å²) in [5.41, 5.74) is 8.06. The van der Waals surface area contributed by atoms with Gasteiger partial charge >= 0.3 is 0 Å². The Hall–Kier alpha value is -6.36. The molecule has 4 heteroatoms. The molecular weight excluding hydrogens is 536 g/mol. The van der Waals surface area contributed by atoms with Crippen LogP contribution in [0.2, 0.25) is 0 Å². The van der Waals surface area contributed by atoms with Gasteiger partial charge < -0.3 is 9.80 Å². The summed E-state index contributed by atoms with van der Waals surface area (Å²) in [6.45, 7) is 0. The van der Waals surface area contributed by atoms with E-state index in [4.69, 9.17) is 0 Å². The number of benzene rings is 6. The van der Waals surface area contributed by atoms with Gasteiger partial charge in [-0.2, -0.15) is 10.5 Å². The van der Waals surface area contributed by atoms with Gasteiger partial charge in [-0.05, 0) is 83.9 Å². The van der Waals surface area contributed by atoms with Crippen molar-refractivity contribution in [3.8, 4) is 12.1 Å². The summed E-state index contributed by atoms with van der Waals surface area (Å²) in [5, 5.41) is 20.5. The van der Waals surface area contributed by atoms with Crippen molar-refractivity contribution in [3.63, 3.8) is 0 Å². The zero-order chi connectivity index (χ0) is 30.1. The van der Waals surface area contributed by atoms with E-state index in [1.54, 1.807) is 0 Å². The molecule has 44 heavy (non-hydrogen) atoms. The van der Waals surface area contributed by atoms with E-state index in [0.29, 0.717) is 22.3 Å². The second-order valence-corrected chi connectivity index (χ2v) is 10.1. The Bertz CT molecular complexity index is 1710. The lowest BCUT2D eigenvalue weighted by molar-refractivity contribution is 1.28. The van der Waals surface area contributed by atoms with Crippen LogP contribution in [0.5, 0.6) is 0 Å². The average Bonchev–Trinajstić information content (AvgIpc) is 3.10. The maximum atomic E-state index is 10.2. The lowest BCUT2D eigenvalue weighted by atomic mass is 9.95. The molecule has 0 saturated carbocycles. The van der Waals surface area contributed by atoms with E-state index in [-0.39, 0.29) is 0 Å². The SMILES string of the molecule is N#CC(=C(C#N)c1ccc(N(c2ccccc2)c2ccccc2)cc1)c1ccc(N(c2ccccc2)c2ccccc2)cc1. The molecule has 0 heterocycles. The fraction of sp³-hybridized carbons (Fsp3) is 0. The van der Waals surface area contributed by atoms with E-state index in [1.165, 1.54) is 0 Å². The molecule has 0 N–H and O–H groups in total. The van der Waals surface area contributed by atoms with Gasteiger partial charge in [-0.25, -0.2) is 0 Å². The van der Waals surface area contributed by atoms with Crippen LogP contribution in [0.4, 0.5) is 34.1 Å². The highest BCUT2D eigenvalue weighted by Gasteiger charge is 2.17. The van der Waals surface area contributed by atoms with Crippen LogP contribution >= 0.6 is 0 Å². The van der Waals surface area contributed by atoms with Crippen LogP contribution in [0.1, 0.15) is 11.1 Å². The van der Waals surface area contributed by atoms with Crippen LogP contribution in [0.3, 0.4) is 0 Å². The van der Waals surface area contributed by atoms with Gasteiger partial charge in [-0.15, -0.1) is 0 Å². The Kier molecular flexibility index (Phi) is 8.26. The standard InChI is InChI=1S/C40H28N4/c41-29-39(31-21-25-37(26-22-31)43(33-13-5-1-6-14-33)34-15-7-2-8-16-34)40(30-42)32-23-27-38(28-24-32)44(35-17-9-3-10-18-35)36-19-11-4-12-20-36/h1-28H. The minimum atomic E-state index is 0.334. The van der Waals surface area contributed by atoms with E-state index in [0.717, 1.165) is 34.1 Å². The predicted octanol–water partition coefficient (Wildman–Crippen LogP) is 10.6. The zero-order valence-electron chi connectivity index (χ0n) is 24.0. The largest absolute Gasteiger partial charge is 0.311 e. The summed E-state index contributed by atoms with van der Waals surface area (Å²) >= 11 is 0. The number of hydrogen-bond donors (Lipinski definition) is 0. The third-order valence-electron chi connectivity index (χ3n) is 7.36. The Morgan fingerprint density at radius 3 is 0.773 bits per heavy atom. The van der Waals surface area contributed by atoms with Gasteiger partial charge in [0.1, 0.15) is 12.1 Å². The van der Waals surface area contributed by atoms with Gasteiger partial charge in [-0.1, -0.05) is 97.1 Å². The molecule has 0 aliphatic rings. The quantitative estimate of drug-likeness (QED) is 0.136. The molecule has 6 aromatic rings. The molecule has 0 bridgehead atoms. The van der Waals surface area contributed by atoms with E-state index < -0.39 is 0 Å². The highest BCUT2D eigenvalue weighted by Crippen LogP contribution is 2.37. The van der Waals surface area contributed by atoms with Crippen molar-refractivity contribution in [2.75, 3.05) is 9.80 Å². The molecular formula is C40H28N4. The lowest BCUT2D eigenvalue weighted by Gasteiger charge is -2.25.